The topological polar surface area (TPSA) is 66.6 Å². The standard InChI is InChI=1S/C19H21FN6O/c1-2-3-16-12-17(22-19-23-21-13-26(16)19)24-8-10-25(11-9-24)18(27)14-4-6-15(20)7-5-14/h4-7,12-13H,2-3,8-11H2,1H3. The minimum absolute atomic E-state index is 0.0674. The third-order valence-electron chi connectivity index (χ3n) is 4.84. The molecule has 1 amide bonds. The highest BCUT2D eigenvalue weighted by Gasteiger charge is 2.23. The average Bonchev–Trinajstić information content (AvgIpc) is 3.17. The molecule has 3 aromatic rings. The number of anilines is 1. The second-order valence-electron chi connectivity index (χ2n) is 6.64. The van der Waals surface area contributed by atoms with Gasteiger partial charge in [-0.25, -0.2) is 4.39 Å². The van der Waals surface area contributed by atoms with Crippen molar-refractivity contribution in [2.45, 2.75) is 19.8 Å². The summed E-state index contributed by atoms with van der Waals surface area (Å²) in [5.74, 6) is 1.06. The summed E-state index contributed by atoms with van der Waals surface area (Å²) in [4.78, 5) is 21.2. The molecule has 0 aliphatic carbocycles. The smallest absolute Gasteiger partial charge is 0.256 e. The second-order valence-corrected chi connectivity index (χ2v) is 6.64. The number of halogens is 1. The highest BCUT2D eigenvalue weighted by Crippen LogP contribution is 2.19. The van der Waals surface area contributed by atoms with Gasteiger partial charge in [-0.2, -0.15) is 4.98 Å². The Balaban J connectivity index is 1.48. The lowest BCUT2D eigenvalue weighted by Gasteiger charge is -2.35. The lowest BCUT2D eigenvalue weighted by Crippen LogP contribution is -2.49. The van der Waals surface area contributed by atoms with E-state index in [-0.39, 0.29) is 11.7 Å². The Hall–Kier alpha value is -3.03. The molecule has 8 heteroatoms. The number of aromatic nitrogens is 4. The Morgan fingerprint density at radius 2 is 1.89 bits per heavy atom. The molecule has 7 nitrogen and oxygen atoms in total. The molecule has 1 aromatic carbocycles. The van der Waals surface area contributed by atoms with Crippen LogP contribution in [-0.2, 0) is 6.42 Å². The van der Waals surface area contributed by atoms with Crippen molar-refractivity contribution in [2.24, 2.45) is 0 Å². The predicted octanol–water partition coefficient (Wildman–Crippen LogP) is 2.18. The van der Waals surface area contributed by atoms with Crippen LogP contribution in [0.15, 0.2) is 36.7 Å². The molecule has 0 saturated carbocycles. The van der Waals surface area contributed by atoms with Crippen LogP contribution in [0.3, 0.4) is 0 Å². The Morgan fingerprint density at radius 1 is 1.15 bits per heavy atom. The van der Waals surface area contributed by atoms with Gasteiger partial charge in [0.2, 0.25) is 0 Å². The zero-order valence-corrected chi connectivity index (χ0v) is 15.2. The van der Waals surface area contributed by atoms with Crippen molar-refractivity contribution >= 4 is 17.5 Å². The van der Waals surface area contributed by atoms with Crippen LogP contribution in [0.25, 0.3) is 5.78 Å². The third-order valence-corrected chi connectivity index (χ3v) is 4.84. The van der Waals surface area contributed by atoms with Crippen molar-refractivity contribution in [3.63, 3.8) is 0 Å². The monoisotopic (exact) mass is 368 g/mol. The fourth-order valence-corrected chi connectivity index (χ4v) is 3.39. The molecule has 1 fully saturated rings. The van der Waals surface area contributed by atoms with Gasteiger partial charge in [-0.3, -0.25) is 9.20 Å². The van der Waals surface area contributed by atoms with Crippen molar-refractivity contribution < 1.29 is 9.18 Å². The van der Waals surface area contributed by atoms with Crippen LogP contribution in [0.1, 0.15) is 29.4 Å². The number of hydrogen-bond donors (Lipinski definition) is 0. The molecule has 0 spiro atoms. The minimum atomic E-state index is -0.339. The second kappa shape index (κ2) is 7.30. The molecule has 0 bridgehead atoms. The Kier molecular flexibility index (Phi) is 4.70. The number of hydrogen-bond acceptors (Lipinski definition) is 5. The number of rotatable bonds is 4. The normalized spacial score (nSPS) is 14.7. The molecule has 27 heavy (non-hydrogen) atoms. The van der Waals surface area contributed by atoms with E-state index in [0.29, 0.717) is 37.5 Å². The molecule has 2 aromatic heterocycles. The van der Waals surface area contributed by atoms with Gasteiger partial charge in [-0.15, -0.1) is 10.2 Å². The minimum Gasteiger partial charge on any atom is -0.353 e. The van der Waals surface area contributed by atoms with Crippen LogP contribution >= 0.6 is 0 Å². The molecule has 0 N–H and O–H groups in total. The van der Waals surface area contributed by atoms with Gasteiger partial charge < -0.3 is 9.80 Å². The van der Waals surface area contributed by atoms with Gasteiger partial charge >= 0.3 is 0 Å². The quantitative estimate of drug-likeness (QED) is 0.706. The summed E-state index contributed by atoms with van der Waals surface area (Å²) in [5, 5.41) is 8.04. The molecule has 1 aliphatic heterocycles. The molecule has 3 heterocycles. The van der Waals surface area contributed by atoms with Crippen LogP contribution in [-0.4, -0.2) is 56.6 Å². The number of aryl methyl sites for hydroxylation is 1. The summed E-state index contributed by atoms with van der Waals surface area (Å²) >= 11 is 0. The molecule has 1 aliphatic rings. The summed E-state index contributed by atoms with van der Waals surface area (Å²) in [6, 6.07) is 7.77. The zero-order chi connectivity index (χ0) is 18.8. The van der Waals surface area contributed by atoms with E-state index < -0.39 is 0 Å². The van der Waals surface area contributed by atoms with Crippen molar-refractivity contribution in [1.82, 2.24) is 24.5 Å². The molecule has 0 atom stereocenters. The number of amides is 1. The molecular weight excluding hydrogens is 347 g/mol. The SMILES string of the molecule is CCCc1cc(N2CCN(C(=O)c3ccc(F)cc3)CC2)nc2nncn12. The maximum absolute atomic E-state index is 13.1. The van der Waals surface area contributed by atoms with Gasteiger partial charge in [-0.05, 0) is 30.7 Å². The summed E-state index contributed by atoms with van der Waals surface area (Å²) in [7, 11) is 0. The summed E-state index contributed by atoms with van der Waals surface area (Å²) in [6.45, 7) is 4.71. The highest BCUT2D eigenvalue weighted by molar-refractivity contribution is 5.94. The van der Waals surface area contributed by atoms with E-state index in [2.05, 4.69) is 33.1 Å². The van der Waals surface area contributed by atoms with E-state index in [1.165, 1.54) is 24.3 Å². The first-order valence-electron chi connectivity index (χ1n) is 9.15. The van der Waals surface area contributed by atoms with Crippen molar-refractivity contribution in [3.05, 3.63) is 53.7 Å². The summed E-state index contributed by atoms with van der Waals surface area (Å²) in [6.07, 6.45) is 3.64. The van der Waals surface area contributed by atoms with E-state index in [0.717, 1.165) is 24.4 Å². The van der Waals surface area contributed by atoms with E-state index in [4.69, 9.17) is 0 Å². The van der Waals surface area contributed by atoms with Crippen LogP contribution in [0, 0.1) is 5.82 Å². The first-order chi connectivity index (χ1) is 13.2. The summed E-state index contributed by atoms with van der Waals surface area (Å²) in [5.41, 5.74) is 1.64. The van der Waals surface area contributed by atoms with Crippen LogP contribution in [0.2, 0.25) is 0 Å². The first-order valence-corrected chi connectivity index (χ1v) is 9.15. The Labute approximate surface area is 156 Å². The van der Waals surface area contributed by atoms with Gasteiger partial charge in [0.1, 0.15) is 18.0 Å². The summed E-state index contributed by atoms with van der Waals surface area (Å²) < 4.78 is 15.0. The fraction of sp³-hybridized carbons (Fsp3) is 0.368. The molecule has 140 valence electrons. The Bertz CT molecular complexity index is 946. The van der Waals surface area contributed by atoms with Crippen LogP contribution < -0.4 is 4.90 Å². The van der Waals surface area contributed by atoms with E-state index in [9.17, 15) is 9.18 Å². The van der Waals surface area contributed by atoms with E-state index >= 15 is 0 Å². The lowest BCUT2D eigenvalue weighted by atomic mass is 10.1. The first kappa shape index (κ1) is 17.4. The fourth-order valence-electron chi connectivity index (χ4n) is 3.39. The molecule has 0 radical (unpaired) electrons. The zero-order valence-electron chi connectivity index (χ0n) is 15.2. The number of piperazine rings is 1. The lowest BCUT2D eigenvalue weighted by molar-refractivity contribution is 0.0746. The van der Waals surface area contributed by atoms with Gasteiger partial charge in [0, 0.05) is 43.5 Å². The van der Waals surface area contributed by atoms with Gasteiger partial charge in [-0.1, -0.05) is 13.3 Å². The molecular formula is C19H21FN6O. The third kappa shape index (κ3) is 3.47. The highest BCUT2D eigenvalue weighted by atomic mass is 19.1. The van der Waals surface area contributed by atoms with Gasteiger partial charge in [0.15, 0.2) is 0 Å². The predicted molar refractivity (Wildman–Crippen MR) is 99.3 cm³/mol. The maximum Gasteiger partial charge on any atom is 0.256 e. The van der Waals surface area contributed by atoms with Crippen molar-refractivity contribution in [1.29, 1.82) is 0 Å². The van der Waals surface area contributed by atoms with Crippen LogP contribution in [0.4, 0.5) is 10.2 Å². The number of benzene rings is 1. The van der Waals surface area contributed by atoms with Crippen LogP contribution in [0.5, 0.6) is 0 Å². The van der Waals surface area contributed by atoms with E-state index in [1.54, 1.807) is 11.2 Å². The van der Waals surface area contributed by atoms with Gasteiger partial charge in [0.05, 0.1) is 0 Å². The van der Waals surface area contributed by atoms with E-state index in [1.807, 2.05) is 4.40 Å². The maximum atomic E-state index is 13.1. The molecule has 4 rings (SSSR count). The molecule has 0 unspecified atom stereocenters. The number of carbonyl (C=O) groups is 1. The number of carbonyl (C=O) groups excluding carboxylic acids is 1. The van der Waals surface area contributed by atoms with Crippen molar-refractivity contribution in [3.8, 4) is 0 Å². The Morgan fingerprint density at radius 3 is 2.59 bits per heavy atom. The largest absolute Gasteiger partial charge is 0.353 e. The number of fused-ring (bicyclic) bond motifs is 1. The molecule has 1 saturated heterocycles. The van der Waals surface area contributed by atoms with Crippen molar-refractivity contribution in [2.75, 3.05) is 31.1 Å². The van der Waals surface area contributed by atoms with Gasteiger partial charge in [0.25, 0.3) is 11.7 Å². The number of nitrogens with zero attached hydrogens (tertiary/aromatic N) is 6. The average molecular weight is 368 g/mol.